The summed E-state index contributed by atoms with van der Waals surface area (Å²) in [6.45, 7) is 1.79. The smallest absolute Gasteiger partial charge is 0.227 e. The predicted molar refractivity (Wildman–Crippen MR) is 75.1 cm³/mol. The van der Waals surface area contributed by atoms with Crippen LogP contribution in [0.15, 0.2) is 24.3 Å². The van der Waals surface area contributed by atoms with Gasteiger partial charge >= 0.3 is 0 Å². The summed E-state index contributed by atoms with van der Waals surface area (Å²) in [7, 11) is 1.67. The summed E-state index contributed by atoms with van der Waals surface area (Å²) in [5.41, 5.74) is 2.13. The highest BCUT2D eigenvalue weighted by atomic mass is 16.5. The fraction of sp³-hybridized carbons (Fsp3) is 0.562. The van der Waals surface area contributed by atoms with E-state index in [0.717, 1.165) is 30.5 Å². The minimum Gasteiger partial charge on any atom is -0.391 e. The molecule has 1 saturated carbocycles. The number of aliphatic hydroxyl groups excluding tert-OH is 1. The van der Waals surface area contributed by atoms with Crippen LogP contribution in [0.25, 0.3) is 0 Å². The molecule has 1 aliphatic heterocycles. The molecule has 1 spiro atoms. The molecule has 1 unspecified atom stereocenters. The number of hydrogen-bond acceptors (Lipinski definition) is 3. The first-order valence-electron chi connectivity index (χ1n) is 7.15. The Bertz CT molecular complexity index is 510. The van der Waals surface area contributed by atoms with E-state index < -0.39 is 0 Å². The third-order valence-corrected chi connectivity index (χ3v) is 4.51. The van der Waals surface area contributed by atoms with E-state index >= 15 is 0 Å². The molecule has 2 aliphatic rings. The fourth-order valence-electron chi connectivity index (χ4n) is 3.08. The number of benzene rings is 1. The predicted octanol–water partition coefficient (Wildman–Crippen LogP) is 1.36. The summed E-state index contributed by atoms with van der Waals surface area (Å²) >= 11 is 0. The van der Waals surface area contributed by atoms with Gasteiger partial charge in [-0.25, -0.2) is 0 Å². The first kappa shape index (κ1) is 13.6. The molecular formula is C16H21NO3. The van der Waals surface area contributed by atoms with Gasteiger partial charge in [-0.05, 0) is 24.0 Å². The number of aliphatic hydroxyl groups is 1. The zero-order valence-electron chi connectivity index (χ0n) is 11.8. The van der Waals surface area contributed by atoms with Crippen molar-refractivity contribution in [2.24, 2.45) is 5.41 Å². The van der Waals surface area contributed by atoms with Gasteiger partial charge in [0, 0.05) is 25.6 Å². The fourth-order valence-corrected chi connectivity index (χ4v) is 3.08. The Morgan fingerprint density at radius 2 is 2.20 bits per heavy atom. The van der Waals surface area contributed by atoms with Crippen LogP contribution in [-0.2, 0) is 22.6 Å². The second-order valence-electron chi connectivity index (χ2n) is 6.08. The molecule has 1 amide bonds. The zero-order valence-corrected chi connectivity index (χ0v) is 11.8. The molecule has 1 N–H and O–H groups in total. The molecule has 1 heterocycles. The summed E-state index contributed by atoms with van der Waals surface area (Å²) in [5.74, 6) is 0.113. The molecule has 108 valence electrons. The number of carbonyl (C=O) groups excluding carboxylic acids is 1. The molecule has 0 bridgehead atoms. The number of rotatable bonds is 4. The standard InChI is InChI=1S/C16H21NO3/c1-20-10-13-4-2-3-12(7-13)8-15(19)17-9-14(18)16(11-17)5-6-16/h2-4,7,14,18H,5-6,8-11H2,1H3. The number of ether oxygens (including phenoxy) is 1. The number of hydrogen-bond donors (Lipinski definition) is 1. The first-order valence-corrected chi connectivity index (χ1v) is 7.15. The third-order valence-electron chi connectivity index (χ3n) is 4.51. The Kier molecular flexibility index (Phi) is 3.52. The second kappa shape index (κ2) is 5.19. The van der Waals surface area contributed by atoms with E-state index in [9.17, 15) is 9.90 Å². The number of likely N-dealkylation sites (tertiary alicyclic amines) is 1. The molecular weight excluding hydrogens is 254 g/mol. The number of amides is 1. The second-order valence-corrected chi connectivity index (χ2v) is 6.08. The minimum absolute atomic E-state index is 0.0353. The SMILES string of the molecule is COCc1cccc(CC(=O)N2CC(O)C3(CC3)C2)c1. The van der Waals surface area contributed by atoms with E-state index in [1.165, 1.54) is 0 Å². The molecule has 4 heteroatoms. The third kappa shape index (κ3) is 2.58. The van der Waals surface area contributed by atoms with Crippen LogP contribution in [0.3, 0.4) is 0 Å². The van der Waals surface area contributed by atoms with Gasteiger partial charge < -0.3 is 14.7 Å². The molecule has 0 radical (unpaired) electrons. The van der Waals surface area contributed by atoms with Crippen LogP contribution in [0.2, 0.25) is 0 Å². The van der Waals surface area contributed by atoms with Crippen molar-refractivity contribution in [2.45, 2.75) is 32.0 Å². The number of nitrogens with zero attached hydrogens (tertiary/aromatic N) is 1. The van der Waals surface area contributed by atoms with Gasteiger partial charge in [-0.3, -0.25) is 4.79 Å². The molecule has 3 rings (SSSR count). The molecule has 4 nitrogen and oxygen atoms in total. The largest absolute Gasteiger partial charge is 0.391 e. The van der Waals surface area contributed by atoms with Crippen molar-refractivity contribution in [1.82, 2.24) is 4.90 Å². The maximum atomic E-state index is 12.3. The average Bonchev–Trinajstić information content (AvgIpc) is 3.12. The Morgan fingerprint density at radius 1 is 1.45 bits per heavy atom. The van der Waals surface area contributed by atoms with Gasteiger partial charge in [-0.15, -0.1) is 0 Å². The normalized spacial score (nSPS) is 23.3. The molecule has 1 aromatic carbocycles. The Morgan fingerprint density at radius 3 is 2.85 bits per heavy atom. The summed E-state index contributed by atoms with van der Waals surface area (Å²) in [6.07, 6.45) is 2.19. The van der Waals surface area contributed by atoms with Crippen LogP contribution in [0.5, 0.6) is 0 Å². The van der Waals surface area contributed by atoms with Gasteiger partial charge in [0.05, 0.1) is 19.1 Å². The first-order chi connectivity index (χ1) is 9.63. The van der Waals surface area contributed by atoms with Crippen molar-refractivity contribution < 1.29 is 14.6 Å². The highest BCUT2D eigenvalue weighted by Gasteiger charge is 2.55. The van der Waals surface area contributed by atoms with E-state index in [0.29, 0.717) is 19.6 Å². The number of methoxy groups -OCH3 is 1. The van der Waals surface area contributed by atoms with Crippen molar-refractivity contribution in [3.05, 3.63) is 35.4 Å². The topological polar surface area (TPSA) is 49.8 Å². The minimum atomic E-state index is -0.328. The Hall–Kier alpha value is -1.39. The van der Waals surface area contributed by atoms with Crippen LogP contribution in [0.4, 0.5) is 0 Å². The molecule has 20 heavy (non-hydrogen) atoms. The summed E-state index contributed by atoms with van der Waals surface area (Å²) < 4.78 is 5.11. The zero-order chi connectivity index (χ0) is 14.2. The van der Waals surface area contributed by atoms with Gasteiger partial charge in [0.2, 0.25) is 5.91 Å². The molecule has 1 aliphatic carbocycles. The Labute approximate surface area is 119 Å². The quantitative estimate of drug-likeness (QED) is 0.902. The van der Waals surface area contributed by atoms with Gasteiger partial charge in [-0.2, -0.15) is 0 Å². The lowest BCUT2D eigenvalue weighted by Crippen LogP contribution is -2.31. The van der Waals surface area contributed by atoms with Crippen LogP contribution in [0, 0.1) is 5.41 Å². The molecule has 2 fully saturated rings. The number of β-amino-alcohol motifs (C(OH)–C–C–N with tert-alkyl or cyclic N) is 1. The van der Waals surface area contributed by atoms with Crippen LogP contribution >= 0.6 is 0 Å². The molecule has 1 atom stereocenters. The van der Waals surface area contributed by atoms with Crippen LogP contribution in [0.1, 0.15) is 24.0 Å². The highest BCUT2D eigenvalue weighted by molar-refractivity contribution is 5.79. The summed E-state index contributed by atoms with van der Waals surface area (Å²) in [6, 6.07) is 7.94. The summed E-state index contributed by atoms with van der Waals surface area (Å²) in [5, 5.41) is 10.0. The van der Waals surface area contributed by atoms with Crippen molar-refractivity contribution in [1.29, 1.82) is 0 Å². The lowest BCUT2D eigenvalue weighted by atomic mass is 10.0. The van der Waals surface area contributed by atoms with E-state index in [2.05, 4.69) is 0 Å². The summed E-state index contributed by atoms with van der Waals surface area (Å²) in [4.78, 5) is 14.1. The van der Waals surface area contributed by atoms with Gasteiger partial charge in [0.1, 0.15) is 0 Å². The lowest BCUT2D eigenvalue weighted by molar-refractivity contribution is -0.129. The van der Waals surface area contributed by atoms with Gasteiger partial charge in [-0.1, -0.05) is 24.3 Å². The maximum absolute atomic E-state index is 12.3. The van der Waals surface area contributed by atoms with Crippen molar-refractivity contribution in [3.63, 3.8) is 0 Å². The lowest BCUT2D eigenvalue weighted by Gasteiger charge is -2.16. The maximum Gasteiger partial charge on any atom is 0.227 e. The van der Waals surface area contributed by atoms with Gasteiger partial charge in [0.25, 0.3) is 0 Å². The van der Waals surface area contributed by atoms with Gasteiger partial charge in [0.15, 0.2) is 0 Å². The molecule has 0 aromatic heterocycles. The van der Waals surface area contributed by atoms with Crippen LogP contribution in [-0.4, -0.2) is 42.2 Å². The van der Waals surface area contributed by atoms with E-state index in [1.54, 1.807) is 7.11 Å². The highest BCUT2D eigenvalue weighted by Crippen LogP contribution is 2.52. The van der Waals surface area contributed by atoms with E-state index in [-0.39, 0.29) is 17.4 Å². The average molecular weight is 275 g/mol. The Balaban J connectivity index is 1.63. The molecule has 1 saturated heterocycles. The monoisotopic (exact) mass is 275 g/mol. The van der Waals surface area contributed by atoms with Crippen molar-refractivity contribution >= 4 is 5.91 Å². The van der Waals surface area contributed by atoms with E-state index in [1.807, 2.05) is 29.2 Å². The van der Waals surface area contributed by atoms with E-state index in [4.69, 9.17) is 4.74 Å². The van der Waals surface area contributed by atoms with Crippen molar-refractivity contribution in [3.8, 4) is 0 Å². The number of carbonyl (C=O) groups is 1. The van der Waals surface area contributed by atoms with Crippen molar-refractivity contribution in [2.75, 3.05) is 20.2 Å². The van der Waals surface area contributed by atoms with Crippen LogP contribution < -0.4 is 0 Å². The molecule has 1 aromatic rings.